The van der Waals surface area contributed by atoms with E-state index in [0.29, 0.717) is 34.4 Å². The highest BCUT2D eigenvalue weighted by Crippen LogP contribution is 2.41. The molecule has 0 aliphatic carbocycles. The van der Waals surface area contributed by atoms with Gasteiger partial charge in [-0.2, -0.15) is 9.78 Å². The van der Waals surface area contributed by atoms with Crippen molar-refractivity contribution >= 4 is 11.6 Å². The van der Waals surface area contributed by atoms with Crippen LogP contribution in [0.25, 0.3) is 11.5 Å². The number of anilines is 2. The first-order valence-electron chi connectivity index (χ1n) is 8.11. The number of furan rings is 1. The van der Waals surface area contributed by atoms with Gasteiger partial charge in [0.1, 0.15) is 23.2 Å². The molecule has 0 saturated carbocycles. The monoisotopic (exact) mass is 363 g/mol. The number of nitrogens with one attached hydrogen (secondary N) is 2. The Labute approximate surface area is 151 Å². The SMILES string of the molecule is COc1cccc([C@H]2c3c(-c4ccco4)n[nH]c(=O)c3Nc3nnnn32)c1. The van der Waals surface area contributed by atoms with E-state index in [1.54, 1.807) is 30.2 Å². The van der Waals surface area contributed by atoms with Crippen LogP contribution in [0.4, 0.5) is 11.6 Å². The number of methoxy groups -OCH3 is 1. The van der Waals surface area contributed by atoms with Crippen molar-refractivity contribution < 1.29 is 9.15 Å². The van der Waals surface area contributed by atoms with Crippen LogP contribution < -0.4 is 15.6 Å². The van der Waals surface area contributed by atoms with Gasteiger partial charge in [0.2, 0.25) is 5.95 Å². The summed E-state index contributed by atoms with van der Waals surface area (Å²) < 4.78 is 12.5. The number of aromatic nitrogens is 6. The molecule has 5 rings (SSSR count). The van der Waals surface area contributed by atoms with Crippen LogP contribution >= 0.6 is 0 Å². The van der Waals surface area contributed by atoms with Crippen LogP contribution in [0.15, 0.2) is 51.9 Å². The molecule has 1 atom stereocenters. The molecule has 0 amide bonds. The summed E-state index contributed by atoms with van der Waals surface area (Å²) in [7, 11) is 1.60. The Hall–Kier alpha value is -3.95. The molecule has 0 radical (unpaired) electrons. The van der Waals surface area contributed by atoms with Crippen LogP contribution in [0.2, 0.25) is 0 Å². The molecule has 27 heavy (non-hydrogen) atoms. The molecule has 1 aliphatic rings. The lowest BCUT2D eigenvalue weighted by molar-refractivity contribution is 0.413. The van der Waals surface area contributed by atoms with Gasteiger partial charge in [0.15, 0.2) is 5.76 Å². The number of hydrogen-bond donors (Lipinski definition) is 2. The van der Waals surface area contributed by atoms with E-state index in [-0.39, 0.29) is 5.56 Å². The van der Waals surface area contributed by atoms with E-state index < -0.39 is 6.04 Å². The summed E-state index contributed by atoms with van der Waals surface area (Å²) in [6.07, 6.45) is 1.55. The van der Waals surface area contributed by atoms with Crippen molar-refractivity contribution in [3.63, 3.8) is 0 Å². The van der Waals surface area contributed by atoms with Crippen molar-refractivity contribution in [3.8, 4) is 17.2 Å². The van der Waals surface area contributed by atoms with Crippen molar-refractivity contribution in [2.45, 2.75) is 6.04 Å². The summed E-state index contributed by atoms with van der Waals surface area (Å²) >= 11 is 0. The van der Waals surface area contributed by atoms with E-state index in [9.17, 15) is 4.79 Å². The second-order valence-corrected chi connectivity index (χ2v) is 5.92. The maximum absolute atomic E-state index is 12.5. The second-order valence-electron chi connectivity index (χ2n) is 5.92. The number of tetrazole rings is 1. The molecule has 134 valence electrons. The van der Waals surface area contributed by atoms with E-state index in [0.717, 1.165) is 5.56 Å². The maximum atomic E-state index is 12.5. The first kappa shape index (κ1) is 15.3. The zero-order valence-electron chi connectivity index (χ0n) is 14.1. The van der Waals surface area contributed by atoms with E-state index in [4.69, 9.17) is 9.15 Å². The molecular weight excluding hydrogens is 350 g/mol. The summed E-state index contributed by atoms with van der Waals surface area (Å²) in [6.45, 7) is 0. The minimum atomic E-state index is -0.490. The van der Waals surface area contributed by atoms with Crippen molar-refractivity contribution in [1.82, 2.24) is 30.4 Å². The highest BCUT2D eigenvalue weighted by molar-refractivity contribution is 5.73. The molecule has 1 aromatic carbocycles. The van der Waals surface area contributed by atoms with Gasteiger partial charge in [-0.25, -0.2) is 5.10 Å². The standard InChI is InChI=1S/C17H13N7O3/c1-26-10-5-2-4-9(8-10)15-12-13(11-6-3-7-27-11)19-20-16(25)14(12)18-17-21-22-23-24(15)17/h2-8,15H,1H3,(H,20,25)(H,18,21,23)/t15-/m0/s1. The lowest BCUT2D eigenvalue weighted by atomic mass is 9.94. The first-order valence-corrected chi connectivity index (χ1v) is 8.11. The third kappa shape index (κ3) is 2.30. The van der Waals surface area contributed by atoms with Gasteiger partial charge in [0.25, 0.3) is 5.56 Å². The molecule has 0 fully saturated rings. The number of H-pyrrole nitrogens is 1. The van der Waals surface area contributed by atoms with E-state index in [1.807, 2.05) is 24.3 Å². The van der Waals surface area contributed by atoms with Gasteiger partial charge in [-0.3, -0.25) is 4.79 Å². The maximum Gasteiger partial charge on any atom is 0.288 e. The smallest absolute Gasteiger partial charge is 0.288 e. The van der Waals surface area contributed by atoms with E-state index in [2.05, 4.69) is 31.0 Å². The quantitative estimate of drug-likeness (QED) is 0.496. The van der Waals surface area contributed by atoms with Crippen LogP contribution in [0, 0.1) is 0 Å². The number of hydrogen-bond acceptors (Lipinski definition) is 8. The van der Waals surface area contributed by atoms with Gasteiger partial charge >= 0.3 is 0 Å². The molecule has 2 N–H and O–H groups in total. The van der Waals surface area contributed by atoms with Gasteiger partial charge in [0, 0.05) is 5.56 Å². The number of rotatable bonds is 3. The fourth-order valence-electron chi connectivity index (χ4n) is 3.26. The third-order valence-electron chi connectivity index (χ3n) is 4.43. The highest BCUT2D eigenvalue weighted by Gasteiger charge is 2.35. The number of ether oxygens (including phenoxy) is 1. The van der Waals surface area contributed by atoms with Crippen LogP contribution in [0.1, 0.15) is 17.2 Å². The first-order chi connectivity index (χ1) is 13.3. The minimum absolute atomic E-state index is 0.325. The molecule has 3 aromatic heterocycles. The zero-order valence-corrected chi connectivity index (χ0v) is 14.1. The predicted molar refractivity (Wildman–Crippen MR) is 93.9 cm³/mol. The molecule has 0 spiro atoms. The molecule has 0 unspecified atom stereocenters. The molecule has 1 aliphatic heterocycles. The Bertz CT molecular complexity index is 1180. The molecule has 4 heterocycles. The average molecular weight is 363 g/mol. The fraction of sp³-hybridized carbons (Fsp3) is 0.118. The van der Waals surface area contributed by atoms with Crippen molar-refractivity contribution in [2.75, 3.05) is 12.4 Å². The molecule has 4 aromatic rings. The lowest BCUT2D eigenvalue weighted by Crippen LogP contribution is -2.29. The Kier molecular flexibility index (Phi) is 3.29. The fourth-order valence-corrected chi connectivity index (χ4v) is 3.26. The third-order valence-corrected chi connectivity index (χ3v) is 4.43. The summed E-state index contributed by atoms with van der Waals surface area (Å²) in [6, 6.07) is 10.5. The Balaban J connectivity index is 1.83. The molecular formula is C17H13N7O3. The minimum Gasteiger partial charge on any atom is -0.497 e. The van der Waals surface area contributed by atoms with Crippen molar-refractivity contribution in [2.24, 2.45) is 0 Å². The number of fused-ring (bicyclic) bond motifs is 2. The highest BCUT2D eigenvalue weighted by atomic mass is 16.5. The largest absolute Gasteiger partial charge is 0.497 e. The van der Waals surface area contributed by atoms with Crippen molar-refractivity contribution in [3.05, 3.63) is 64.1 Å². The molecule has 10 nitrogen and oxygen atoms in total. The Morgan fingerprint density at radius 3 is 3.00 bits per heavy atom. The molecule has 10 heteroatoms. The average Bonchev–Trinajstić information content (AvgIpc) is 3.39. The van der Waals surface area contributed by atoms with Crippen LogP contribution in [-0.2, 0) is 0 Å². The summed E-state index contributed by atoms with van der Waals surface area (Å²) in [5.74, 6) is 1.56. The van der Waals surface area contributed by atoms with Gasteiger partial charge in [-0.1, -0.05) is 17.2 Å². The Morgan fingerprint density at radius 1 is 1.26 bits per heavy atom. The van der Waals surface area contributed by atoms with E-state index in [1.165, 1.54) is 0 Å². The summed E-state index contributed by atoms with van der Waals surface area (Å²) in [4.78, 5) is 12.5. The van der Waals surface area contributed by atoms with Crippen LogP contribution in [-0.4, -0.2) is 37.5 Å². The van der Waals surface area contributed by atoms with Crippen LogP contribution in [0.5, 0.6) is 5.75 Å². The topological polar surface area (TPSA) is 124 Å². The zero-order chi connectivity index (χ0) is 18.4. The molecule has 0 bridgehead atoms. The Morgan fingerprint density at radius 2 is 2.19 bits per heavy atom. The predicted octanol–water partition coefficient (Wildman–Crippen LogP) is 1.72. The molecule has 0 saturated heterocycles. The summed E-state index contributed by atoms with van der Waals surface area (Å²) in [5.41, 5.74) is 1.90. The summed E-state index contributed by atoms with van der Waals surface area (Å²) in [5, 5.41) is 21.5. The van der Waals surface area contributed by atoms with Gasteiger partial charge in [-0.05, 0) is 40.3 Å². The number of aromatic amines is 1. The lowest BCUT2D eigenvalue weighted by Gasteiger charge is -2.27. The number of nitrogens with zero attached hydrogens (tertiary/aromatic N) is 5. The second kappa shape index (κ2) is 5.80. The van der Waals surface area contributed by atoms with Gasteiger partial charge in [0.05, 0.1) is 13.4 Å². The number of benzene rings is 1. The van der Waals surface area contributed by atoms with Gasteiger partial charge < -0.3 is 14.5 Å². The van der Waals surface area contributed by atoms with Crippen molar-refractivity contribution in [1.29, 1.82) is 0 Å². The van der Waals surface area contributed by atoms with Gasteiger partial charge in [-0.15, -0.1) is 0 Å². The van der Waals surface area contributed by atoms with Crippen LogP contribution in [0.3, 0.4) is 0 Å². The van der Waals surface area contributed by atoms with E-state index >= 15 is 0 Å². The normalized spacial score (nSPS) is 14.9.